The molecule has 1 aromatic carbocycles. The number of likely N-dealkylation sites (N-methyl/N-ethyl adjacent to an activating group) is 1. The number of aliphatic imine (C=N–C) groups is 1. The maximum absolute atomic E-state index is 12.8. The van der Waals surface area contributed by atoms with E-state index in [1.165, 1.54) is 18.2 Å². The summed E-state index contributed by atoms with van der Waals surface area (Å²) in [6, 6.07) is 4.97. The fourth-order valence-corrected chi connectivity index (χ4v) is 3.31. The van der Waals surface area contributed by atoms with Crippen molar-refractivity contribution in [3.63, 3.8) is 0 Å². The number of nitrogens with one attached hydrogen (secondary N) is 1. The van der Waals surface area contributed by atoms with Crippen molar-refractivity contribution in [2.24, 2.45) is 10.9 Å². The largest absolute Gasteiger partial charge is 0.465 e. The minimum Gasteiger partial charge on any atom is -0.465 e. The van der Waals surface area contributed by atoms with E-state index in [2.05, 4.69) is 15.2 Å². The molecule has 2 heterocycles. The van der Waals surface area contributed by atoms with Gasteiger partial charge in [-0.05, 0) is 19.5 Å². The molecule has 0 unspecified atom stereocenters. The van der Waals surface area contributed by atoms with Crippen LogP contribution < -0.4 is 5.32 Å². The van der Waals surface area contributed by atoms with Crippen LogP contribution >= 0.6 is 0 Å². The molecule has 2 atom stereocenters. The number of ether oxygens (including phenoxy) is 1. The van der Waals surface area contributed by atoms with Gasteiger partial charge < -0.3 is 14.5 Å². The van der Waals surface area contributed by atoms with Gasteiger partial charge in [-0.2, -0.15) is 0 Å². The summed E-state index contributed by atoms with van der Waals surface area (Å²) in [5, 5.41) is 13.9. The Balaban J connectivity index is 1.99. The zero-order valence-electron chi connectivity index (χ0n) is 15.8. The standard InChI is InChI=1S/C18H23N5O5/c1-3-28-17(25)14-15(12-5-4-6-13(11-12)23(26)27)19-18(20-16(14)24)22-9-7-21(2)8-10-22/h4-6,11,14-15H,3,7-10H2,1-2H3,(H,19,20,24)/t14-,15-/m0/s1. The zero-order valence-corrected chi connectivity index (χ0v) is 15.8. The molecule has 1 saturated heterocycles. The third-order valence-electron chi connectivity index (χ3n) is 4.86. The molecule has 150 valence electrons. The average Bonchev–Trinajstić information content (AvgIpc) is 2.68. The molecule has 2 aliphatic rings. The number of nitro benzene ring substituents is 1. The maximum atomic E-state index is 12.8. The number of guanidine groups is 1. The minimum atomic E-state index is -1.20. The minimum absolute atomic E-state index is 0.123. The number of piperazine rings is 1. The Labute approximate surface area is 162 Å². The molecule has 3 rings (SSSR count). The van der Waals surface area contributed by atoms with Crippen molar-refractivity contribution in [3.05, 3.63) is 39.9 Å². The van der Waals surface area contributed by atoms with Crippen molar-refractivity contribution in [2.75, 3.05) is 39.8 Å². The highest BCUT2D eigenvalue weighted by atomic mass is 16.6. The van der Waals surface area contributed by atoms with Gasteiger partial charge in [0, 0.05) is 38.3 Å². The van der Waals surface area contributed by atoms with Crippen LogP contribution in [-0.4, -0.2) is 72.4 Å². The Morgan fingerprint density at radius 3 is 2.71 bits per heavy atom. The number of rotatable bonds is 4. The van der Waals surface area contributed by atoms with Crippen molar-refractivity contribution in [3.8, 4) is 0 Å². The van der Waals surface area contributed by atoms with Gasteiger partial charge in [0.15, 0.2) is 5.92 Å². The molecule has 10 nitrogen and oxygen atoms in total. The summed E-state index contributed by atoms with van der Waals surface area (Å²) in [5.74, 6) is -2.02. The maximum Gasteiger partial charge on any atom is 0.321 e. The number of benzene rings is 1. The first kappa shape index (κ1) is 19.7. The van der Waals surface area contributed by atoms with E-state index in [0.717, 1.165) is 13.1 Å². The fourth-order valence-electron chi connectivity index (χ4n) is 3.31. The van der Waals surface area contributed by atoms with Gasteiger partial charge in [0.25, 0.3) is 5.69 Å². The lowest BCUT2D eigenvalue weighted by Crippen LogP contribution is -2.56. The third kappa shape index (κ3) is 4.11. The van der Waals surface area contributed by atoms with Gasteiger partial charge in [0.2, 0.25) is 11.9 Å². The van der Waals surface area contributed by atoms with Crippen LogP contribution in [0.4, 0.5) is 5.69 Å². The molecule has 0 radical (unpaired) electrons. The molecule has 10 heteroatoms. The Kier molecular flexibility index (Phi) is 5.88. The number of amides is 1. The summed E-state index contributed by atoms with van der Waals surface area (Å²) < 4.78 is 5.05. The number of esters is 1. The number of non-ortho nitro benzene ring substituents is 1. The second kappa shape index (κ2) is 8.34. The van der Waals surface area contributed by atoms with Crippen molar-refractivity contribution in [1.29, 1.82) is 0 Å². The van der Waals surface area contributed by atoms with Crippen molar-refractivity contribution >= 4 is 23.5 Å². The first-order chi connectivity index (χ1) is 13.4. The van der Waals surface area contributed by atoms with E-state index in [0.29, 0.717) is 24.6 Å². The molecule has 0 aromatic heterocycles. The summed E-state index contributed by atoms with van der Waals surface area (Å²) in [6.07, 6.45) is 0. The number of nitrogens with zero attached hydrogens (tertiary/aromatic N) is 4. The van der Waals surface area contributed by atoms with Gasteiger partial charge in [-0.3, -0.25) is 25.0 Å². The summed E-state index contributed by atoms with van der Waals surface area (Å²) in [7, 11) is 2.02. The lowest BCUT2D eigenvalue weighted by atomic mass is 9.91. The monoisotopic (exact) mass is 389 g/mol. The third-order valence-corrected chi connectivity index (χ3v) is 4.86. The number of carbonyl (C=O) groups excluding carboxylic acids is 2. The summed E-state index contributed by atoms with van der Waals surface area (Å²) >= 11 is 0. The predicted molar refractivity (Wildman–Crippen MR) is 101 cm³/mol. The zero-order chi connectivity index (χ0) is 20.3. The van der Waals surface area contributed by atoms with Crippen molar-refractivity contribution in [1.82, 2.24) is 15.1 Å². The highest BCUT2D eigenvalue weighted by Gasteiger charge is 2.42. The lowest BCUT2D eigenvalue weighted by molar-refractivity contribution is -0.384. The fraction of sp³-hybridized carbons (Fsp3) is 0.500. The lowest BCUT2D eigenvalue weighted by Gasteiger charge is -2.37. The molecule has 1 amide bonds. The van der Waals surface area contributed by atoms with E-state index in [1.807, 2.05) is 11.9 Å². The molecule has 0 bridgehead atoms. The van der Waals surface area contributed by atoms with Gasteiger partial charge in [0.1, 0.15) is 6.04 Å². The van der Waals surface area contributed by atoms with Crippen LogP contribution in [-0.2, 0) is 14.3 Å². The van der Waals surface area contributed by atoms with Crippen LogP contribution in [0.25, 0.3) is 0 Å². The molecular weight excluding hydrogens is 366 g/mol. The summed E-state index contributed by atoms with van der Waals surface area (Å²) in [4.78, 5) is 44.5. The molecule has 0 saturated carbocycles. The molecule has 0 aliphatic carbocycles. The first-order valence-corrected chi connectivity index (χ1v) is 9.14. The van der Waals surface area contributed by atoms with E-state index in [4.69, 9.17) is 4.74 Å². The van der Waals surface area contributed by atoms with E-state index >= 15 is 0 Å². The first-order valence-electron chi connectivity index (χ1n) is 9.14. The van der Waals surface area contributed by atoms with E-state index in [1.54, 1.807) is 13.0 Å². The number of hydrogen-bond donors (Lipinski definition) is 1. The van der Waals surface area contributed by atoms with Crippen LogP contribution in [0.15, 0.2) is 29.3 Å². The average molecular weight is 389 g/mol. The van der Waals surface area contributed by atoms with E-state index in [-0.39, 0.29) is 12.3 Å². The normalized spacial score (nSPS) is 23.0. The van der Waals surface area contributed by atoms with Crippen LogP contribution in [0.1, 0.15) is 18.5 Å². The van der Waals surface area contributed by atoms with Crippen molar-refractivity contribution < 1.29 is 19.2 Å². The highest BCUT2D eigenvalue weighted by molar-refractivity contribution is 6.08. The van der Waals surface area contributed by atoms with Gasteiger partial charge in [0.05, 0.1) is 11.5 Å². The van der Waals surface area contributed by atoms with Crippen LogP contribution in [0.2, 0.25) is 0 Å². The Morgan fingerprint density at radius 1 is 1.36 bits per heavy atom. The predicted octanol–water partition coefficient (Wildman–Crippen LogP) is 0.548. The molecule has 1 aromatic rings. The van der Waals surface area contributed by atoms with Crippen LogP contribution in [0, 0.1) is 16.0 Å². The SMILES string of the molecule is CCOC(=O)[C@@H]1C(=O)NC(N2CCN(C)CC2)=N[C@H]1c1cccc([N+](=O)[O-])c1. The quantitative estimate of drug-likeness (QED) is 0.346. The van der Waals surface area contributed by atoms with E-state index in [9.17, 15) is 19.7 Å². The summed E-state index contributed by atoms with van der Waals surface area (Å²) in [5.41, 5.74) is 0.302. The van der Waals surface area contributed by atoms with Crippen LogP contribution in [0.3, 0.4) is 0 Å². The topological polar surface area (TPSA) is 117 Å². The van der Waals surface area contributed by atoms with Crippen LogP contribution in [0.5, 0.6) is 0 Å². The van der Waals surface area contributed by atoms with Gasteiger partial charge in [-0.25, -0.2) is 4.99 Å². The Hall–Kier alpha value is -3.01. The number of carbonyl (C=O) groups is 2. The molecule has 1 N–H and O–H groups in total. The molecular formula is C18H23N5O5. The second-order valence-electron chi connectivity index (χ2n) is 6.76. The number of hydrogen-bond acceptors (Lipinski definition) is 8. The Bertz CT molecular complexity index is 803. The van der Waals surface area contributed by atoms with Gasteiger partial charge in [-0.15, -0.1) is 0 Å². The van der Waals surface area contributed by atoms with Crippen molar-refractivity contribution in [2.45, 2.75) is 13.0 Å². The Morgan fingerprint density at radius 2 is 2.07 bits per heavy atom. The van der Waals surface area contributed by atoms with Gasteiger partial charge in [-0.1, -0.05) is 12.1 Å². The number of nitro groups is 1. The molecule has 2 aliphatic heterocycles. The van der Waals surface area contributed by atoms with Gasteiger partial charge >= 0.3 is 5.97 Å². The van der Waals surface area contributed by atoms with E-state index < -0.39 is 28.8 Å². The summed E-state index contributed by atoms with van der Waals surface area (Å²) in [6.45, 7) is 4.78. The molecule has 1 fully saturated rings. The highest BCUT2D eigenvalue weighted by Crippen LogP contribution is 2.32. The molecule has 0 spiro atoms. The second-order valence-corrected chi connectivity index (χ2v) is 6.76. The smallest absolute Gasteiger partial charge is 0.321 e. The molecule has 28 heavy (non-hydrogen) atoms.